The minimum absolute atomic E-state index is 0.115. The first-order valence-corrected chi connectivity index (χ1v) is 11.5. The van der Waals surface area contributed by atoms with Gasteiger partial charge in [0, 0.05) is 6.38 Å². The number of aryl methyl sites for hydroxylation is 2. The van der Waals surface area contributed by atoms with E-state index in [-0.39, 0.29) is 6.61 Å². The Morgan fingerprint density at radius 3 is 1.75 bits per heavy atom. The van der Waals surface area contributed by atoms with Crippen LogP contribution in [0.3, 0.4) is 0 Å². The van der Waals surface area contributed by atoms with Gasteiger partial charge in [0.25, 0.3) is 0 Å². The molecule has 0 aliphatic rings. The summed E-state index contributed by atoms with van der Waals surface area (Å²) in [6.45, 7) is 10.7. The van der Waals surface area contributed by atoms with Gasteiger partial charge in [-0.15, -0.1) is 20.8 Å². The summed E-state index contributed by atoms with van der Waals surface area (Å²) in [5.41, 5.74) is 5.03. The topological polar surface area (TPSA) is 20.2 Å². The zero-order valence-corrected chi connectivity index (χ0v) is 20.1. The van der Waals surface area contributed by atoms with Crippen LogP contribution in [0, 0.1) is 19.8 Å². The van der Waals surface area contributed by atoms with Gasteiger partial charge in [0.15, 0.2) is 0 Å². The van der Waals surface area contributed by atoms with Crippen LogP contribution in [0.5, 0.6) is 0 Å². The van der Waals surface area contributed by atoms with Crippen LogP contribution in [0.2, 0.25) is 0 Å². The molecule has 0 heterocycles. The quantitative estimate of drug-likeness (QED) is 0.352. The number of rotatable bonds is 3. The minimum Gasteiger partial charge on any atom is -0.392 e. The summed E-state index contributed by atoms with van der Waals surface area (Å²) in [5.74, 6) is 0.762. The molecule has 0 fully saturated rings. The molecule has 0 bridgehead atoms. The average molecular weight is 419 g/mol. The number of hydrogen-bond acceptors (Lipinski definition) is 1. The van der Waals surface area contributed by atoms with E-state index in [1.54, 1.807) is 0 Å². The highest BCUT2D eigenvalue weighted by molar-refractivity contribution is 7.15. The molecule has 28 heavy (non-hydrogen) atoms. The Balaban J connectivity index is 0.000000447. The molecule has 1 atom stereocenters. The number of aliphatic hydroxyl groups excluding tert-OH is 1. The second-order valence-electron chi connectivity index (χ2n) is 6.93. The summed E-state index contributed by atoms with van der Waals surface area (Å²) < 4.78 is 0. The minimum atomic E-state index is 0.115. The summed E-state index contributed by atoms with van der Waals surface area (Å²) >= 11 is 4.64. The molecule has 0 saturated heterocycles. The zero-order valence-electron chi connectivity index (χ0n) is 18.2. The summed E-state index contributed by atoms with van der Waals surface area (Å²) in [4.78, 5) is 0. The van der Waals surface area contributed by atoms with Crippen molar-refractivity contribution in [3.05, 3.63) is 82.9 Å². The molecular formula is C25H36ClOP. The molecule has 0 radical (unpaired) electrons. The summed E-state index contributed by atoms with van der Waals surface area (Å²) in [6.07, 6.45) is 2.67. The van der Waals surface area contributed by atoms with E-state index < -0.39 is 0 Å². The molecule has 0 aromatic heterocycles. The SMILES string of the molecule is CCl.CP.Cc1ccc(CC(C)C)cc1.Cc1ccc2cc(CO)ccc2c1. The fourth-order valence-electron chi connectivity index (χ4n) is 2.71. The van der Waals surface area contributed by atoms with E-state index in [4.69, 9.17) is 5.11 Å². The molecule has 3 aromatic rings. The lowest BCUT2D eigenvalue weighted by atomic mass is 10.0. The van der Waals surface area contributed by atoms with Crippen molar-refractivity contribution in [3.8, 4) is 0 Å². The predicted molar refractivity (Wildman–Crippen MR) is 132 cm³/mol. The zero-order chi connectivity index (χ0) is 21.5. The fourth-order valence-corrected chi connectivity index (χ4v) is 2.71. The molecule has 1 unspecified atom stereocenters. The molecule has 154 valence electrons. The van der Waals surface area contributed by atoms with Gasteiger partial charge in [0.2, 0.25) is 0 Å². The van der Waals surface area contributed by atoms with E-state index in [1.165, 1.54) is 40.3 Å². The second-order valence-corrected chi connectivity index (χ2v) is 6.93. The van der Waals surface area contributed by atoms with Gasteiger partial charge in [-0.1, -0.05) is 86.2 Å². The Labute approximate surface area is 179 Å². The van der Waals surface area contributed by atoms with Crippen molar-refractivity contribution in [2.45, 2.75) is 40.7 Å². The third-order valence-corrected chi connectivity index (χ3v) is 4.01. The van der Waals surface area contributed by atoms with Gasteiger partial charge in [0.05, 0.1) is 6.61 Å². The normalized spacial score (nSPS) is 9.50. The number of halogens is 1. The Bertz CT molecular complexity index is 782. The number of benzene rings is 3. The number of alkyl halides is 1. The predicted octanol–water partition coefficient (Wildman–Crippen LogP) is 7.18. The van der Waals surface area contributed by atoms with Crippen molar-refractivity contribution in [2.75, 3.05) is 13.0 Å². The molecule has 1 N–H and O–H groups in total. The van der Waals surface area contributed by atoms with Crippen LogP contribution in [-0.4, -0.2) is 18.2 Å². The third-order valence-electron chi connectivity index (χ3n) is 4.01. The van der Waals surface area contributed by atoms with E-state index >= 15 is 0 Å². The van der Waals surface area contributed by atoms with Crippen LogP contribution in [-0.2, 0) is 13.0 Å². The van der Waals surface area contributed by atoms with Crippen molar-refractivity contribution in [1.82, 2.24) is 0 Å². The standard InChI is InChI=1S/C12H12O.C11H16.CH3Cl.CH5P/c1-9-2-4-12-7-10(8-13)3-5-11(12)6-9;1-9(2)8-11-6-4-10(3)5-7-11;2*1-2/h2-7,13H,8H2,1H3;4-7,9H,8H2,1-3H3;1H3;2H2,1H3. The summed E-state index contributed by atoms with van der Waals surface area (Å²) in [5, 5.41) is 11.4. The van der Waals surface area contributed by atoms with E-state index in [0.29, 0.717) is 0 Å². The first kappa shape index (κ1) is 26.6. The van der Waals surface area contributed by atoms with Crippen LogP contribution in [0.4, 0.5) is 0 Å². The molecule has 0 amide bonds. The van der Waals surface area contributed by atoms with Crippen molar-refractivity contribution in [3.63, 3.8) is 0 Å². The first-order valence-electron chi connectivity index (χ1n) is 9.59. The summed E-state index contributed by atoms with van der Waals surface area (Å²) in [6, 6.07) is 21.1. The van der Waals surface area contributed by atoms with Crippen LogP contribution < -0.4 is 0 Å². The molecule has 3 heteroatoms. The molecule has 0 aliphatic carbocycles. The molecule has 1 nitrogen and oxygen atoms in total. The maximum Gasteiger partial charge on any atom is 0.0682 e. The van der Waals surface area contributed by atoms with E-state index in [9.17, 15) is 0 Å². The van der Waals surface area contributed by atoms with Crippen LogP contribution in [0.1, 0.15) is 36.1 Å². The summed E-state index contributed by atoms with van der Waals surface area (Å²) in [7, 11) is 2.42. The lowest BCUT2D eigenvalue weighted by Crippen LogP contribution is -1.93. The lowest BCUT2D eigenvalue weighted by Gasteiger charge is -2.04. The van der Waals surface area contributed by atoms with Gasteiger partial charge in [-0.2, -0.15) is 0 Å². The first-order chi connectivity index (χ1) is 13.5. The van der Waals surface area contributed by atoms with Gasteiger partial charge in [0.1, 0.15) is 0 Å². The van der Waals surface area contributed by atoms with Crippen molar-refractivity contribution in [2.24, 2.45) is 5.92 Å². The van der Waals surface area contributed by atoms with E-state index in [1.807, 2.05) is 24.9 Å². The average Bonchev–Trinajstić information content (AvgIpc) is 2.72. The van der Waals surface area contributed by atoms with Gasteiger partial charge in [-0.25, -0.2) is 0 Å². The second kappa shape index (κ2) is 15.5. The molecule has 3 rings (SSSR count). The van der Waals surface area contributed by atoms with Crippen LogP contribution >= 0.6 is 20.8 Å². The Kier molecular flexibility index (Phi) is 14.7. The third kappa shape index (κ3) is 10.2. The molecular weight excluding hydrogens is 383 g/mol. The highest BCUT2D eigenvalue weighted by Gasteiger charge is 1.96. The Hall–Kier alpha value is -1.40. The van der Waals surface area contributed by atoms with Crippen molar-refractivity contribution < 1.29 is 5.11 Å². The van der Waals surface area contributed by atoms with Crippen LogP contribution in [0.25, 0.3) is 10.8 Å². The number of hydrogen-bond donors (Lipinski definition) is 1. The number of fused-ring (bicyclic) bond motifs is 1. The molecule has 0 spiro atoms. The number of aliphatic hydroxyl groups is 1. The fraction of sp³-hybridized carbons (Fsp3) is 0.360. The maximum atomic E-state index is 8.95. The van der Waals surface area contributed by atoms with E-state index in [2.05, 4.69) is 91.0 Å². The Morgan fingerprint density at radius 1 is 0.750 bits per heavy atom. The molecule has 3 aromatic carbocycles. The van der Waals surface area contributed by atoms with Crippen molar-refractivity contribution >= 4 is 31.6 Å². The highest BCUT2D eigenvalue weighted by atomic mass is 35.5. The van der Waals surface area contributed by atoms with Gasteiger partial charge < -0.3 is 5.11 Å². The highest BCUT2D eigenvalue weighted by Crippen LogP contribution is 2.17. The maximum absolute atomic E-state index is 8.95. The largest absolute Gasteiger partial charge is 0.392 e. The van der Waals surface area contributed by atoms with E-state index in [0.717, 1.165) is 11.5 Å². The van der Waals surface area contributed by atoms with Gasteiger partial charge >= 0.3 is 0 Å². The Morgan fingerprint density at radius 2 is 1.21 bits per heavy atom. The molecule has 0 aliphatic heterocycles. The van der Waals surface area contributed by atoms with Gasteiger partial charge in [-0.05, 0) is 54.2 Å². The monoisotopic (exact) mass is 418 g/mol. The smallest absolute Gasteiger partial charge is 0.0682 e. The lowest BCUT2D eigenvalue weighted by molar-refractivity contribution is 0.282. The van der Waals surface area contributed by atoms with Crippen molar-refractivity contribution in [1.29, 1.82) is 0 Å². The van der Waals surface area contributed by atoms with Gasteiger partial charge in [-0.3, -0.25) is 0 Å². The molecule has 0 saturated carbocycles. The van der Waals surface area contributed by atoms with Crippen LogP contribution in [0.15, 0.2) is 60.7 Å².